The molecule has 5 heteroatoms. The standard InChI is InChI=1S/C16H24N2O3/c1-18-11-6-9-16(10-12-18,15(19)21-3)17-13-7-4-5-8-14(13)20-2/h4-5,7-8,17H,6,9-12H2,1-3H3. The maximum atomic E-state index is 12.4. The molecule has 1 aromatic rings. The number of carbonyl (C=O) groups is 1. The average Bonchev–Trinajstić information content (AvgIpc) is 2.70. The van der Waals surface area contributed by atoms with Gasteiger partial charge in [-0.2, -0.15) is 0 Å². The molecule has 1 atom stereocenters. The van der Waals surface area contributed by atoms with E-state index >= 15 is 0 Å². The normalized spacial score (nSPS) is 23.2. The summed E-state index contributed by atoms with van der Waals surface area (Å²) in [6.45, 7) is 1.85. The minimum atomic E-state index is -0.686. The number of hydrogen-bond acceptors (Lipinski definition) is 5. The van der Waals surface area contributed by atoms with E-state index in [0.29, 0.717) is 6.42 Å². The first-order chi connectivity index (χ1) is 10.1. The van der Waals surface area contributed by atoms with E-state index in [9.17, 15) is 4.79 Å². The molecular formula is C16H24N2O3. The average molecular weight is 292 g/mol. The van der Waals surface area contributed by atoms with E-state index in [4.69, 9.17) is 9.47 Å². The summed E-state index contributed by atoms with van der Waals surface area (Å²) in [5.41, 5.74) is 0.142. The first-order valence-corrected chi connectivity index (χ1v) is 7.29. The van der Waals surface area contributed by atoms with Gasteiger partial charge >= 0.3 is 5.97 Å². The van der Waals surface area contributed by atoms with Crippen LogP contribution in [0, 0.1) is 0 Å². The van der Waals surface area contributed by atoms with Gasteiger partial charge in [-0.1, -0.05) is 12.1 Å². The molecule has 1 unspecified atom stereocenters. The van der Waals surface area contributed by atoms with Crippen molar-refractivity contribution >= 4 is 11.7 Å². The molecule has 1 aliphatic heterocycles. The highest BCUT2D eigenvalue weighted by Gasteiger charge is 2.41. The molecule has 1 N–H and O–H groups in total. The number of esters is 1. The Bertz CT molecular complexity index is 492. The summed E-state index contributed by atoms with van der Waals surface area (Å²) in [5, 5.41) is 3.40. The summed E-state index contributed by atoms with van der Waals surface area (Å²) in [6.07, 6.45) is 2.42. The van der Waals surface area contributed by atoms with E-state index in [1.807, 2.05) is 24.3 Å². The molecule has 0 aliphatic carbocycles. The van der Waals surface area contributed by atoms with Crippen molar-refractivity contribution in [3.8, 4) is 5.75 Å². The van der Waals surface area contributed by atoms with Crippen molar-refractivity contribution < 1.29 is 14.3 Å². The minimum absolute atomic E-state index is 0.205. The molecule has 2 rings (SSSR count). The molecule has 0 aromatic heterocycles. The van der Waals surface area contributed by atoms with Gasteiger partial charge in [0.2, 0.25) is 0 Å². The van der Waals surface area contributed by atoms with Crippen molar-refractivity contribution in [2.24, 2.45) is 0 Å². The van der Waals surface area contributed by atoms with Crippen LogP contribution in [0.25, 0.3) is 0 Å². The number of likely N-dealkylation sites (tertiary alicyclic amines) is 1. The molecule has 0 saturated carbocycles. The van der Waals surface area contributed by atoms with Crippen LogP contribution in [0.1, 0.15) is 19.3 Å². The SMILES string of the molecule is COC(=O)C1(Nc2ccccc2OC)CCCN(C)CC1. The van der Waals surface area contributed by atoms with Crippen LogP contribution in [0.3, 0.4) is 0 Å². The van der Waals surface area contributed by atoms with E-state index in [2.05, 4.69) is 17.3 Å². The molecule has 0 radical (unpaired) electrons. The molecule has 0 bridgehead atoms. The first kappa shape index (κ1) is 15.6. The lowest BCUT2D eigenvalue weighted by atomic mass is 9.90. The number of rotatable bonds is 4. The Morgan fingerprint density at radius 2 is 2.00 bits per heavy atom. The second kappa shape index (κ2) is 6.80. The zero-order valence-corrected chi connectivity index (χ0v) is 13.0. The molecule has 0 amide bonds. The number of carbonyl (C=O) groups excluding carboxylic acids is 1. The molecule has 21 heavy (non-hydrogen) atoms. The van der Waals surface area contributed by atoms with E-state index in [0.717, 1.165) is 37.4 Å². The highest BCUT2D eigenvalue weighted by Crippen LogP contribution is 2.32. The van der Waals surface area contributed by atoms with E-state index in [1.54, 1.807) is 7.11 Å². The fourth-order valence-corrected chi connectivity index (χ4v) is 2.85. The maximum absolute atomic E-state index is 12.4. The Morgan fingerprint density at radius 3 is 2.71 bits per heavy atom. The topological polar surface area (TPSA) is 50.8 Å². The van der Waals surface area contributed by atoms with Crippen LogP contribution in [0.4, 0.5) is 5.69 Å². The van der Waals surface area contributed by atoms with Crippen molar-refractivity contribution in [2.45, 2.75) is 24.8 Å². The van der Waals surface area contributed by atoms with Crippen LogP contribution in [-0.2, 0) is 9.53 Å². The van der Waals surface area contributed by atoms with Crippen LogP contribution in [-0.4, -0.2) is 50.8 Å². The Hall–Kier alpha value is -1.75. The Morgan fingerprint density at radius 1 is 1.24 bits per heavy atom. The summed E-state index contributed by atoms with van der Waals surface area (Å²) in [6, 6.07) is 7.66. The fraction of sp³-hybridized carbons (Fsp3) is 0.562. The van der Waals surface area contributed by atoms with Crippen LogP contribution in [0.5, 0.6) is 5.75 Å². The van der Waals surface area contributed by atoms with Crippen molar-refractivity contribution in [3.05, 3.63) is 24.3 Å². The van der Waals surface area contributed by atoms with Gasteiger partial charge < -0.3 is 19.7 Å². The van der Waals surface area contributed by atoms with Crippen LogP contribution >= 0.6 is 0 Å². The Balaban J connectivity index is 2.30. The fourth-order valence-electron chi connectivity index (χ4n) is 2.85. The number of methoxy groups -OCH3 is 2. The number of ether oxygens (including phenoxy) is 2. The van der Waals surface area contributed by atoms with Gasteiger partial charge in [-0.05, 0) is 45.0 Å². The lowest BCUT2D eigenvalue weighted by Gasteiger charge is -2.32. The van der Waals surface area contributed by atoms with Crippen LogP contribution < -0.4 is 10.1 Å². The summed E-state index contributed by atoms with van der Waals surface area (Å²) < 4.78 is 10.4. The van der Waals surface area contributed by atoms with E-state index in [1.165, 1.54) is 7.11 Å². The highest BCUT2D eigenvalue weighted by molar-refractivity contribution is 5.85. The molecule has 1 heterocycles. The third-order valence-corrected chi connectivity index (χ3v) is 4.12. The molecule has 1 fully saturated rings. The third-order valence-electron chi connectivity index (χ3n) is 4.12. The van der Waals surface area contributed by atoms with Gasteiger partial charge in [-0.15, -0.1) is 0 Å². The number of nitrogens with one attached hydrogen (secondary N) is 1. The second-order valence-corrected chi connectivity index (χ2v) is 5.56. The molecular weight excluding hydrogens is 268 g/mol. The molecule has 116 valence electrons. The van der Waals surface area contributed by atoms with Crippen LogP contribution in [0.2, 0.25) is 0 Å². The smallest absolute Gasteiger partial charge is 0.331 e. The number of nitrogens with zero attached hydrogens (tertiary/aromatic N) is 1. The minimum Gasteiger partial charge on any atom is -0.495 e. The maximum Gasteiger partial charge on any atom is 0.331 e. The predicted molar refractivity (Wildman–Crippen MR) is 82.7 cm³/mol. The van der Waals surface area contributed by atoms with E-state index < -0.39 is 5.54 Å². The second-order valence-electron chi connectivity index (χ2n) is 5.56. The summed E-state index contributed by atoms with van der Waals surface area (Å²) in [7, 11) is 5.16. The zero-order valence-electron chi connectivity index (χ0n) is 13.0. The molecule has 1 aromatic carbocycles. The van der Waals surface area contributed by atoms with E-state index in [-0.39, 0.29) is 5.97 Å². The van der Waals surface area contributed by atoms with Gasteiger partial charge in [-0.3, -0.25) is 0 Å². The first-order valence-electron chi connectivity index (χ1n) is 7.29. The number of benzene rings is 1. The van der Waals surface area contributed by atoms with Crippen LogP contribution in [0.15, 0.2) is 24.3 Å². The molecule has 5 nitrogen and oxygen atoms in total. The van der Waals surface area contributed by atoms with Gasteiger partial charge in [0.1, 0.15) is 11.3 Å². The van der Waals surface area contributed by atoms with Gasteiger partial charge in [0.15, 0.2) is 0 Å². The van der Waals surface area contributed by atoms with Gasteiger partial charge in [0.25, 0.3) is 0 Å². The lowest BCUT2D eigenvalue weighted by Crippen LogP contribution is -2.48. The summed E-state index contributed by atoms with van der Waals surface area (Å²) >= 11 is 0. The molecule has 1 aliphatic rings. The van der Waals surface area contributed by atoms with Crippen molar-refractivity contribution in [1.82, 2.24) is 4.90 Å². The van der Waals surface area contributed by atoms with Crippen molar-refractivity contribution in [1.29, 1.82) is 0 Å². The largest absolute Gasteiger partial charge is 0.495 e. The Labute approximate surface area is 126 Å². The third kappa shape index (κ3) is 3.47. The number of hydrogen-bond donors (Lipinski definition) is 1. The van der Waals surface area contributed by atoms with Gasteiger partial charge in [-0.25, -0.2) is 4.79 Å². The van der Waals surface area contributed by atoms with Crippen molar-refractivity contribution in [2.75, 3.05) is 39.7 Å². The Kier molecular flexibility index (Phi) is 5.07. The van der Waals surface area contributed by atoms with Gasteiger partial charge in [0, 0.05) is 6.54 Å². The monoisotopic (exact) mass is 292 g/mol. The zero-order chi connectivity index (χ0) is 15.3. The van der Waals surface area contributed by atoms with Crippen molar-refractivity contribution in [3.63, 3.8) is 0 Å². The lowest BCUT2D eigenvalue weighted by molar-refractivity contribution is -0.146. The predicted octanol–water partition coefficient (Wildman–Crippen LogP) is 2.13. The number of para-hydroxylation sites is 2. The van der Waals surface area contributed by atoms with Gasteiger partial charge in [0.05, 0.1) is 19.9 Å². The number of anilines is 1. The highest BCUT2D eigenvalue weighted by atomic mass is 16.5. The quantitative estimate of drug-likeness (QED) is 0.862. The molecule has 1 saturated heterocycles. The molecule has 0 spiro atoms. The summed E-state index contributed by atoms with van der Waals surface area (Å²) in [5.74, 6) is 0.530. The summed E-state index contributed by atoms with van der Waals surface area (Å²) in [4.78, 5) is 14.7.